The lowest BCUT2D eigenvalue weighted by Crippen LogP contribution is -2.36. The molecular formula is C12H17N3O4S. The molecule has 1 saturated heterocycles. The highest BCUT2D eigenvalue weighted by Crippen LogP contribution is 2.18. The van der Waals surface area contributed by atoms with E-state index in [2.05, 4.69) is 10.3 Å². The standard InChI is InChI=1S/C12H17N3O4S/c13-5-7-1-2-9(19-7)11(16)14-4-3-10-15-8(6-20-10)12(17)18/h6-7,9H,1-5,13H2,(H,14,16)(H,17,18). The molecule has 1 fully saturated rings. The lowest BCUT2D eigenvalue weighted by molar-refractivity contribution is -0.131. The minimum absolute atomic E-state index is 0.0252. The van der Waals surface area contributed by atoms with Crippen LogP contribution in [0, 0.1) is 0 Å². The summed E-state index contributed by atoms with van der Waals surface area (Å²) in [4.78, 5) is 26.4. The van der Waals surface area contributed by atoms with Gasteiger partial charge in [-0.05, 0) is 12.8 Å². The van der Waals surface area contributed by atoms with Gasteiger partial charge in [-0.3, -0.25) is 4.79 Å². The molecule has 0 radical (unpaired) electrons. The topological polar surface area (TPSA) is 115 Å². The fraction of sp³-hybridized carbons (Fsp3) is 0.583. The number of carboxylic acid groups (broad SMARTS) is 1. The number of carbonyl (C=O) groups excluding carboxylic acids is 1. The molecule has 8 heteroatoms. The number of ether oxygens (including phenoxy) is 1. The predicted octanol–water partition coefficient (Wildman–Crippen LogP) is 0.00630. The minimum Gasteiger partial charge on any atom is -0.476 e. The SMILES string of the molecule is NCC1CCC(C(=O)NCCc2nc(C(=O)O)cs2)O1. The summed E-state index contributed by atoms with van der Waals surface area (Å²) in [5.74, 6) is -1.18. The molecule has 2 atom stereocenters. The molecule has 7 nitrogen and oxygen atoms in total. The Kier molecular flexibility index (Phi) is 5.05. The van der Waals surface area contributed by atoms with Crippen LogP contribution in [-0.4, -0.2) is 47.3 Å². The van der Waals surface area contributed by atoms with Crippen LogP contribution in [0.25, 0.3) is 0 Å². The van der Waals surface area contributed by atoms with Gasteiger partial charge < -0.3 is 20.9 Å². The highest BCUT2D eigenvalue weighted by molar-refractivity contribution is 7.09. The van der Waals surface area contributed by atoms with E-state index in [1.165, 1.54) is 16.7 Å². The van der Waals surface area contributed by atoms with E-state index in [4.69, 9.17) is 15.6 Å². The average Bonchev–Trinajstić information content (AvgIpc) is 3.07. The molecule has 2 rings (SSSR count). The molecule has 110 valence electrons. The van der Waals surface area contributed by atoms with Gasteiger partial charge in [-0.2, -0.15) is 0 Å². The van der Waals surface area contributed by atoms with Crippen molar-refractivity contribution in [3.8, 4) is 0 Å². The van der Waals surface area contributed by atoms with Crippen molar-refractivity contribution in [1.29, 1.82) is 0 Å². The van der Waals surface area contributed by atoms with Crippen LogP contribution in [0.1, 0.15) is 28.3 Å². The molecule has 0 saturated carbocycles. The Balaban J connectivity index is 1.72. The van der Waals surface area contributed by atoms with Crippen molar-refractivity contribution in [3.05, 3.63) is 16.1 Å². The monoisotopic (exact) mass is 299 g/mol. The summed E-state index contributed by atoms with van der Waals surface area (Å²) in [6, 6.07) is 0. The maximum absolute atomic E-state index is 11.8. The van der Waals surface area contributed by atoms with Crippen molar-refractivity contribution in [2.75, 3.05) is 13.1 Å². The molecule has 1 aliphatic heterocycles. The summed E-state index contributed by atoms with van der Waals surface area (Å²) in [5.41, 5.74) is 5.53. The fourth-order valence-electron chi connectivity index (χ4n) is 2.00. The number of amides is 1. The Labute approximate surface area is 120 Å². The Bertz CT molecular complexity index is 491. The molecule has 0 bridgehead atoms. The van der Waals surface area contributed by atoms with Crippen LogP contribution in [0.15, 0.2) is 5.38 Å². The van der Waals surface area contributed by atoms with Gasteiger partial charge in [0.15, 0.2) is 5.69 Å². The quantitative estimate of drug-likeness (QED) is 0.681. The van der Waals surface area contributed by atoms with Gasteiger partial charge in [0.2, 0.25) is 5.91 Å². The highest BCUT2D eigenvalue weighted by Gasteiger charge is 2.29. The Morgan fingerprint density at radius 1 is 1.55 bits per heavy atom. The number of aromatic nitrogens is 1. The molecule has 2 unspecified atom stereocenters. The van der Waals surface area contributed by atoms with Crippen LogP contribution in [0.5, 0.6) is 0 Å². The van der Waals surface area contributed by atoms with Crippen LogP contribution in [0.4, 0.5) is 0 Å². The number of rotatable bonds is 6. The van der Waals surface area contributed by atoms with Crippen molar-refractivity contribution in [3.63, 3.8) is 0 Å². The van der Waals surface area contributed by atoms with Gasteiger partial charge in [-0.15, -0.1) is 11.3 Å². The average molecular weight is 299 g/mol. The highest BCUT2D eigenvalue weighted by atomic mass is 32.1. The second kappa shape index (κ2) is 6.78. The number of hydrogen-bond donors (Lipinski definition) is 3. The smallest absolute Gasteiger partial charge is 0.355 e. The number of nitrogens with zero attached hydrogens (tertiary/aromatic N) is 1. The lowest BCUT2D eigenvalue weighted by atomic mass is 10.2. The van der Waals surface area contributed by atoms with Gasteiger partial charge in [0, 0.05) is 24.9 Å². The molecule has 0 aliphatic carbocycles. The fourth-order valence-corrected chi connectivity index (χ4v) is 2.77. The van der Waals surface area contributed by atoms with E-state index < -0.39 is 12.1 Å². The summed E-state index contributed by atoms with van der Waals surface area (Å²) < 4.78 is 5.48. The van der Waals surface area contributed by atoms with E-state index >= 15 is 0 Å². The second-order valence-corrected chi connectivity index (χ2v) is 5.48. The molecule has 4 N–H and O–H groups in total. The van der Waals surface area contributed by atoms with Gasteiger partial charge >= 0.3 is 5.97 Å². The first-order valence-corrected chi connectivity index (χ1v) is 7.29. The lowest BCUT2D eigenvalue weighted by Gasteiger charge is -2.12. The Hall–Kier alpha value is -1.51. The van der Waals surface area contributed by atoms with Crippen LogP contribution < -0.4 is 11.1 Å². The molecule has 1 aliphatic rings. The Morgan fingerprint density at radius 2 is 2.35 bits per heavy atom. The zero-order valence-electron chi connectivity index (χ0n) is 10.9. The second-order valence-electron chi connectivity index (χ2n) is 4.53. The number of carbonyl (C=O) groups is 2. The van der Waals surface area contributed by atoms with Crippen molar-refractivity contribution >= 4 is 23.2 Å². The number of carboxylic acids is 1. The summed E-state index contributed by atoms with van der Waals surface area (Å²) in [6.45, 7) is 0.847. The zero-order valence-corrected chi connectivity index (χ0v) is 11.7. The third kappa shape index (κ3) is 3.75. The van der Waals surface area contributed by atoms with Crippen LogP contribution in [-0.2, 0) is 16.0 Å². The summed E-state index contributed by atoms with van der Waals surface area (Å²) in [7, 11) is 0. The first-order valence-electron chi connectivity index (χ1n) is 6.41. The van der Waals surface area contributed by atoms with Gasteiger partial charge in [0.25, 0.3) is 0 Å². The maximum Gasteiger partial charge on any atom is 0.355 e. The first kappa shape index (κ1) is 14.9. The normalized spacial score (nSPS) is 21.9. The van der Waals surface area contributed by atoms with Crippen molar-refractivity contribution in [2.24, 2.45) is 5.73 Å². The van der Waals surface area contributed by atoms with E-state index in [-0.39, 0.29) is 17.7 Å². The van der Waals surface area contributed by atoms with Gasteiger partial charge in [0.05, 0.1) is 11.1 Å². The van der Waals surface area contributed by atoms with Crippen LogP contribution in [0.2, 0.25) is 0 Å². The molecule has 0 spiro atoms. The molecule has 1 aromatic heterocycles. The van der Waals surface area contributed by atoms with Crippen LogP contribution in [0.3, 0.4) is 0 Å². The largest absolute Gasteiger partial charge is 0.476 e. The van der Waals surface area contributed by atoms with Gasteiger partial charge in [-0.1, -0.05) is 0 Å². The number of hydrogen-bond acceptors (Lipinski definition) is 6. The zero-order chi connectivity index (χ0) is 14.5. The number of nitrogens with two attached hydrogens (primary N) is 1. The van der Waals surface area contributed by atoms with Crippen LogP contribution >= 0.6 is 11.3 Å². The van der Waals surface area contributed by atoms with Crippen molar-refractivity contribution in [2.45, 2.75) is 31.5 Å². The minimum atomic E-state index is -1.04. The van der Waals surface area contributed by atoms with E-state index in [0.29, 0.717) is 30.9 Å². The molecule has 0 aromatic carbocycles. The molecule has 1 aromatic rings. The first-order chi connectivity index (χ1) is 9.60. The van der Waals surface area contributed by atoms with E-state index in [9.17, 15) is 9.59 Å². The summed E-state index contributed by atoms with van der Waals surface area (Å²) in [6.07, 6.45) is 1.56. The number of aromatic carboxylic acids is 1. The van der Waals surface area contributed by atoms with Crippen molar-refractivity contribution < 1.29 is 19.4 Å². The number of thiazole rings is 1. The van der Waals surface area contributed by atoms with Gasteiger partial charge in [0.1, 0.15) is 6.10 Å². The number of nitrogens with one attached hydrogen (secondary N) is 1. The van der Waals surface area contributed by atoms with Gasteiger partial charge in [-0.25, -0.2) is 9.78 Å². The third-order valence-electron chi connectivity index (χ3n) is 3.07. The summed E-state index contributed by atoms with van der Waals surface area (Å²) in [5, 5.41) is 13.7. The Morgan fingerprint density at radius 3 is 2.95 bits per heavy atom. The maximum atomic E-state index is 11.8. The molecular weight excluding hydrogens is 282 g/mol. The van der Waals surface area contributed by atoms with E-state index in [1.54, 1.807) is 0 Å². The predicted molar refractivity (Wildman–Crippen MR) is 72.7 cm³/mol. The summed E-state index contributed by atoms with van der Waals surface area (Å²) >= 11 is 1.27. The van der Waals surface area contributed by atoms with Crippen molar-refractivity contribution in [1.82, 2.24) is 10.3 Å². The molecule has 1 amide bonds. The molecule has 2 heterocycles. The van der Waals surface area contributed by atoms with E-state index in [1.807, 2.05) is 0 Å². The molecule has 20 heavy (non-hydrogen) atoms. The van der Waals surface area contributed by atoms with E-state index in [0.717, 1.165) is 6.42 Å². The third-order valence-corrected chi connectivity index (χ3v) is 3.98.